The number of nitrogens with one attached hydrogen (secondary N) is 1. The van der Waals surface area contributed by atoms with Crippen molar-refractivity contribution in [1.82, 2.24) is 9.97 Å². The maximum Gasteiger partial charge on any atom is 0.372 e. The van der Waals surface area contributed by atoms with Crippen molar-refractivity contribution >= 4 is 11.5 Å². The number of ether oxygens (including phenoxy) is 1. The second-order valence-electron chi connectivity index (χ2n) is 3.76. The topological polar surface area (TPSA) is 90.2 Å². The maximum atomic E-state index is 11.0. The average molecular weight is 254 g/mol. The Balaban J connectivity index is 2.90. The molecule has 18 heavy (non-hydrogen) atoms. The lowest BCUT2D eigenvalue weighted by Crippen LogP contribution is -2.09. The highest BCUT2D eigenvalue weighted by molar-refractivity contribution is 5.60. The van der Waals surface area contributed by atoms with Gasteiger partial charge in [0, 0.05) is 6.54 Å². The first-order chi connectivity index (χ1) is 8.70. The highest BCUT2D eigenvalue weighted by Gasteiger charge is 2.23. The van der Waals surface area contributed by atoms with E-state index in [4.69, 9.17) is 4.74 Å². The summed E-state index contributed by atoms with van der Waals surface area (Å²) in [5, 5.41) is 13.9. The molecule has 0 unspecified atom stereocenters. The number of hydrogen-bond donors (Lipinski definition) is 1. The van der Waals surface area contributed by atoms with Crippen molar-refractivity contribution in [3.05, 3.63) is 16.4 Å². The van der Waals surface area contributed by atoms with Crippen LogP contribution in [-0.2, 0) is 0 Å². The fraction of sp³-hybridized carbons (Fsp3) is 0.636. The minimum absolute atomic E-state index is 0.0297. The summed E-state index contributed by atoms with van der Waals surface area (Å²) < 4.78 is 5.33. The van der Waals surface area contributed by atoms with Gasteiger partial charge in [-0.05, 0) is 12.8 Å². The summed E-state index contributed by atoms with van der Waals surface area (Å²) in [7, 11) is 0. The number of hydrogen-bond acceptors (Lipinski definition) is 6. The predicted molar refractivity (Wildman–Crippen MR) is 67.9 cm³/mol. The van der Waals surface area contributed by atoms with Gasteiger partial charge in [0.05, 0.1) is 11.5 Å². The van der Waals surface area contributed by atoms with Gasteiger partial charge >= 0.3 is 5.69 Å². The van der Waals surface area contributed by atoms with Crippen molar-refractivity contribution in [3.8, 4) is 5.88 Å². The molecule has 0 amide bonds. The van der Waals surface area contributed by atoms with E-state index in [0.29, 0.717) is 13.2 Å². The molecular weight excluding hydrogens is 236 g/mol. The third-order valence-electron chi connectivity index (χ3n) is 2.25. The van der Waals surface area contributed by atoms with E-state index < -0.39 is 4.92 Å². The van der Waals surface area contributed by atoms with Crippen LogP contribution in [-0.4, -0.2) is 28.0 Å². The van der Waals surface area contributed by atoms with Crippen molar-refractivity contribution in [2.45, 2.75) is 33.1 Å². The second-order valence-corrected chi connectivity index (χ2v) is 3.76. The van der Waals surface area contributed by atoms with E-state index >= 15 is 0 Å². The smallest absolute Gasteiger partial charge is 0.372 e. The zero-order chi connectivity index (χ0) is 13.4. The quantitative estimate of drug-likeness (QED) is 0.435. The van der Waals surface area contributed by atoms with Gasteiger partial charge in [0.25, 0.3) is 5.88 Å². The molecule has 100 valence electrons. The number of unbranched alkanes of at least 4 members (excludes halogenated alkanes) is 1. The Labute approximate surface area is 106 Å². The predicted octanol–water partition coefficient (Wildman–Crippen LogP) is 2.39. The first kappa shape index (κ1) is 14.1. The summed E-state index contributed by atoms with van der Waals surface area (Å²) in [5.74, 6) is 0.241. The van der Waals surface area contributed by atoms with E-state index in [1.807, 2.05) is 13.8 Å². The van der Waals surface area contributed by atoms with Crippen LogP contribution in [0, 0.1) is 10.1 Å². The fourth-order valence-electron chi connectivity index (χ4n) is 1.32. The van der Waals surface area contributed by atoms with E-state index in [-0.39, 0.29) is 17.4 Å². The Morgan fingerprint density at radius 2 is 2.17 bits per heavy atom. The van der Waals surface area contributed by atoms with Crippen LogP contribution < -0.4 is 10.1 Å². The van der Waals surface area contributed by atoms with Crippen molar-refractivity contribution in [2.24, 2.45) is 0 Å². The number of rotatable bonds is 8. The van der Waals surface area contributed by atoms with Crippen molar-refractivity contribution in [1.29, 1.82) is 0 Å². The lowest BCUT2D eigenvalue weighted by Gasteiger charge is -2.08. The molecule has 1 rings (SSSR count). The summed E-state index contributed by atoms with van der Waals surface area (Å²) >= 11 is 0. The second kappa shape index (κ2) is 7.41. The summed E-state index contributed by atoms with van der Waals surface area (Å²) in [6.07, 6.45) is 3.91. The lowest BCUT2D eigenvalue weighted by atomic mass is 10.3. The van der Waals surface area contributed by atoms with Crippen LogP contribution in [0.25, 0.3) is 0 Å². The number of nitro groups is 1. The molecule has 0 bridgehead atoms. The minimum atomic E-state index is -0.515. The summed E-state index contributed by atoms with van der Waals surface area (Å²) in [4.78, 5) is 18.2. The molecule has 0 aromatic carbocycles. The van der Waals surface area contributed by atoms with Gasteiger partial charge in [0.1, 0.15) is 6.33 Å². The van der Waals surface area contributed by atoms with Crippen LogP contribution in [0.1, 0.15) is 33.1 Å². The summed E-state index contributed by atoms with van der Waals surface area (Å²) in [6.45, 7) is 5.03. The van der Waals surface area contributed by atoms with E-state index in [0.717, 1.165) is 19.3 Å². The number of aromatic nitrogens is 2. The van der Waals surface area contributed by atoms with Crippen molar-refractivity contribution in [3.63, 3.8) is 0 Å². The normalized spacial score (nSPS) is 10.1. The zero-order valence-corrected chi connectivity index (χ0v) is 10.7. The Hall–Kier alpha value is -1.92. The van der Waals surface area contributed by atoms with Gasteiger partial charge in [0.2, 0.25) is 5.82 Å². The van der Waals surface area contributed by atoms with Gasteiger partial charge < -0.3 is 10.1 Å². The van der Waals surface area contributed by atoms with Crippen LogP contribution in [0.3, 0.4) is 0 Å². The molecule has 0 spiro atoms. The van der Waals surface area contributed by atoms with Gasteiger partial charge in [-0.1, -0.05) is 20.3 Å². The molecule has 0 radical (unpaired) electrons. The number of anilines is 1. The Kier molecular flexibility index (Phi) is 5.83. The van der Waals surface area contributed by atoms with Gasteiger partial charge in [-0.15, -0.1) is 0 Å². The van der Waals surface area contributed by atoms with E-state index in [1.54, 1.807) is 0 Å². The van der Waals surface area contributed by atoms with Crippen LogP contribution in [0.4, 0.5) is 11.5 Å². The van der Waals surface area contributed by atoms with Gasteiger partial charge in [-0.25, -0.2) is 4.98 Å². The molecule has 0 fully saturated rings. The minimum Gasteiger partial charge on any atom is -0.473 e. The van der Waals surface area contributed by atoms with Crippen LogP contribution in [0.2, 0.25) is 0 Å². The SMILES string of the molecule is CCCCOc1ncnc(NCCC)c1[N+](=O)[O-]. The molecule has 1 N–H and O–H groups in total. The Morgan fingerprint density at radius 3 is 2.78 bits per heavy atom. The largest absolute Gasteiger partial charge is 0.473 e. The van der Waals surface area contributed by atoms with Gasteiger partial charge in [0.15, 0.2) is 0 Å². The van der Waals surface area contributed by atoms with Gasteiger partial charge in [-0.3, -0.25) is 10.1 Å². The highest BCUT2D eigenvalue weighted by Crippen LogP contribution is 2.30. The molecule has 0 saturated heterocycles. The van der Waals surface area contributed by atoms with Crippen molar-refractivity contribution < 1.29 is 9.66 Å². The van der Waals surface area contributed by atoms with E-state index in [2.05, 4.69) is 15.3 Å². The Bertz CT molecular complexity index is 398. The van der Waals surface area contributed by atoms with Crippen LogP contribution in [0.5, 0.6) is 5.88 Å². The summed E-state index contributed by atoms with van der Waals surface area (Å²) in [6, 6.07) is 0. The number of nitrogens with zero attached hydrogens (tertiary/aromatic N) is 3. The van der Waals surface area contributed by atoms with Crippen LogP contribution in [0.15, 0.2) is 6.33 Å². The molecule has 0 aliphatic rings. The first-order valence-corrected chi connectivity index (χ1v) is 6.06. The molecule has 7 nitrogen and oxygen atoms in total. The molecule has 1 aromatic heterocycles. The van der Waals surface area contributed by atoms with E-state index in [9.17, 15) is 10.1 Å². The highest BCUT2D eigenvalue weighted by atomic mass is 16.6. The van der Waals surface area contributed by atoms with Crippen molar-refractivity contribution in [2.75, 3.05) is 18.5 Å². The van der Waals surface area contributed by atoms with Crippen LogP contribution >= 0.6 is 0 Å². The molecular formula is C11H18N4O3. The lowest BCUT2D eigenvalue weighted by molar-refractivity contribution is -0.385. The standard InChI is InChI=1S/C11H18N4O3/c1-3-5-7-18-11-9(15(16)17)10(12-6-4-2)13-8-14-11/h8H,3-7H2,1-2H3,(H,12,13,14). The molecule has 7 heteroatoms. The zero-order valence-electron chi connectivity index (χ0n) is 10.7. The molecule has 0 aliphatic carbocycles. The fourth-order valence-corrected chi connectivity index (χ4v) is 1.32. The molecule has 1 heterocycles. The molecule has 1 aromatic rings. The molecule has 0 aliphatic heterocycles. The monoisotopic (exact) mass is 254 g/mol. The molecule has 0 saturated carbocycles. The Morgan fingerprint density at radius 1 is 1.39 bits per heavy atom. The third kappa shape index (κ3) is 3.83. The summed E-state index contributed by atoms with van der Waals surface area (Å²) in [5.41, 5.74) is -0.193. The van der Waals surface area contributed by atoms with E-state index in [1.165, 1.54) is 6.33 Å². The average Bonchev–Trinajstić information content (AvgIpc) is 2.36. The van der Waals surface area contributed by atoms with Gasteiger partial charge in [-0.2, -0.15) is 4.98 Å². The maximum absolute atomic E-state index is 11.0. The third-order valence-corrected chi connectivity index (χ3v) is 2.25. The first-order valence-electron chi connectivity index (χ1n) is 6.06. The molecule has 0 atom stereocenters.